The highest BCUT2D eigenvalue weighted by Gasteiger charge is 2.22. The summed E-state index contributed by atoms with van der Waals surface area (Å²) in [6.07, 6.45) is 5.82. The first kappa shape index (κ1) is 17.2. The van der Waals surface area contributed by atoms with Crippen molar-refractivity contribution in [2.45, 2.75) is 58.9 Å². The number of rotatable bonds is 5. The van der Waals surface area contributed by atoms with Gasteiger partial charge in [-0.05, 0) is 60.8 Å². The standard InChI is InChI=1S/C21H27NOS/c1-4-15-9-11-16(12-10-15)20(14(2)3)22-21(23)19-13-17-7-5-6-8-18(17)24-19/h9-14,20H,4-8H2,1-3H3,(H,22,23)/t20-/m1/s1. The third kappa shape index (κ3) is 3.72. The smallest absolute Gasteiger partial charge is 0.261 e. The maximum Gasteiger partial charge on any atom is 0.261 e. The fourth-order valence-electron chi connectivity index (χ4n) is 3.41. The third-order valence-corrected chi connectivity index (χ3v) is 6.16. The van der Waals surface area contributed by atoms with Crippen molar-refractivity contribution in [2.75, 3.05) is 0 Å². The van der Waals surface area contributed by atoms with Crippen molar-refractivity contribution < 1.29 is 4.79 Å². The highest BCUT2D eigenvalue weighted by Crippen LogP contribution is 2.30. The number of carbonyl (C=O) groups is 1. The lowest BCUT2D eigenvalue weighted by Gasteiger charge is -2.23. The first-order valence-corrected chi connectivity index (χ1v) is 9.91. The molecule has 1 heterocycles. The Labute approximate surface area is 149 Å². The Hall–Kier alpha value is -1.61. The molecule has 24 heavy (non-hydrogen) atoms. The number of hydrogen-bond donors (Lipinski definition) is 1. The van der Waals surface area contributed by atoms with Crippen LogP contribution < -0.4 is 5.32 Å². The lowest BCUT2D eigenvalue weighted by atomic mass is 9.94. The van der Waals surface area contributed by atoms with Gasteiger partial charge in [0.15, 0.2) is 0 Å². The van der Waals surface area contributed by atoms with Crippen LogP contribution in [0.5, 0.6) is 0 Å². The Bertz CT molecular complexity index is 676. The fraction of sp³-hybridized carbons (Fsp3) is 0.476. The summed E-state index contributed by atoms with van der Waals surface area (Å²) >= 11 is 1.69. The Morgan fingerprint density at radius 3 is 2.50 bits per heavy atom. The first-order valence-electron chi connectivity index (χ1n) is 9.09. The molecule has 2 nitrogen and oxygen atoms in total. The van der Waals surface area contributed by atoms with Gasteiger partial charge in [0.1, 0.15) is 0 Å². The summed E-state index contributed by atoms with van der Waals surface area (Å²) in [6, 6.07) is 10.8. The van der Waals surface area contributed by atoms with Crippen molar-refractivity contribution in [1.29, 1.82) is 0 Å². The molecule has 128 valence electrons. The summed E-state index contributed by atoms with van der Waals surface area (Å²) in [6.45, 7) is 6.49. The molecular formula is C21H27NOS. The van der Waals surface area contributed by atoms with Crippen molar-refractivity contribution in [3.8, 4) is 0 Å². The second-order valence-corrected chi connectivity index (χ2v) is 8.19. The van der Waals surface area contributed by atoms with Crippen LogP contribution in [0.2, 0.25) is 0 Å². The summed E-state index contributed by atoms with van der Waals surface area (Å²) < 4.78 is 0. The van der Waals surface area contributed by atoms with Gasteiger partial charge in [0.05, 0.1) is 10.9 Å². The van der Waals surface area contributed by atoms with Crippen molar-refractivity contribution in [3.05, 3.63) is 56.8 Å². The van der Waals surface area contributed by atoms with E-state index in [-0.39, 0.29) is 11.9 Å². The molecule has 1 N–H and O–H groups in total. The molecule has 1 aliphatic carbocycles. The number of aryl methyl sites for hydroxylation is 3. The van der Waals surface area contributed by atoms with Crippen LogP contribution in [-0.4, -0.2) is 5.91 Å². The van der Waals surface area contributed by atoms with E-state index in [0.717, 1.165) is 24.1 Å². The minimum absolute atomic E-state index is 0.0579. The summed E-state index contributed by atoms with van der Waals surface area (Å²) in [5.74, 6) is 0.434. The zero-order chi connectivity index (χ0) is 17.1. The maximum atomic E-state index is 12.8. The number of fused-ring (bicyclic) bond motifs is 1. The molecule has 0 saturated heterocycles. The number of amides is 1. The number of thiophene rings is 1. The first-order chi connectivity index (χ1) is 11.6. The fourth-order valence-corrected chi connectivity index (χ4v) is 4.57. The molecule has 0 saturated carbocycles. The maximum absolute atomic E-state index is 12.8. The molecule has 3 rings (SSSR count). The largest absolute Gasteiger partial charge is 0.344 e. The average Bonchev–Trinajstić information content (AvgIpc) is 3.03. The minimum atomic E-state index is 0.0579. The van der Waals surface area contributed by atoms with Gasteiger partial charge in [-0.1, -0.05) is 45.0 Å². The van der Waals surface area contributed by atoms with Crippen LogP contribution in [0.1, 0.15) is 70.9 Å². The van der Waals surface area contributed by atoms with E-state index in [4.69, 9.17) is 0 Å². The van der Waals surface area contributed by atoms with E-state index in [1.807, 2.05) is 0 Å². The van der Waals surface area contributed by atoms with E-state index in [2.05, 4.69) is 56.4 Å². The van der Waals surface area contributed by atoms with Crippen molar-refractivity contribution in [3.63, 3.8) is 0 Å². The number of benzene rings is 1. The summed E-state index contributed by atoms with van der Waals surface area (Å²) in [4.78, 5) is 15.1. The number of carbonyl (C=O) groups excluding carboxylic acids is 1. The van der Waals surface area contributed by atoms with E-state index in [1.54, 1.807) is 11.3 Å². The quantitative estimate of drug-likeness (QED) is 0.784. The van der Waals surface area contributed by atoms with Gasteiger partial charge in [0.2, 0.25) is 0 Å². The van der Waals surface area contributed by atoms with Gasteiger partial charge < -0.3 is 5.32 Å². The molecule has 0 fully saturated rings. The lowest BCUT2D eigenvalue weighted by Crippen LogP contribution is -2.31. The van der Waals surface area contributed by atoms with Gasteiger partial charge in [-0.15, -0.1) is 11.3 Å². The molecule has 2 aromatic rings. The van der Waals surface area contributed by atoms with Crippen LogP contribution in [0, 0.1) is 5.92 Å². The highest BCUT2D eigenvalue weighted by atomic mass is 32.1. The zero-order valence-corrected chi connectivity index (χ0v) is 15.7. The van der Waals surface area contributed by atoms with E-state index >= 15 is 0 Å². The molecule has 0 radical (unpaired) electrons. The molecule has 0 aliphatic heterocycles. The Morgan fingerprint density at radius 1 is 1.17 bits per heavy atom. The molecule has 1 aromatic carbocycles. The predicted molar refractivity (Wildman–Crippen MR) is 102 cm³/mol. The van der Waals surface area contributed by atoms with Gasteiger partial charge in [-0.2, -0.15) is 0 Å². The van der Waals surface area contributed by atoms with Crippen LogP contribution in [0.15, 0.2) is 30.3 Å². The lowest BCUT2D eigenvalue weighted by molar-refractivity contribution is 0.0929. The molecule has 3 heteroatoms. The van der Waals surface area contributed by atoms with Crippen LogP contribution in [-0.2, 0) is 19.3 Å². The summed E-state index contributed by atoms with van der Waals surface area (Å²) in [5, 5.41) is 3.27. The normalized spacial score (nSPS) is 15.2. The highest BCUT2D eigenvalue weighted by molar-refractivity contribution is 7.14. The SMILES string of the molecule is CCc1ccc([C@H](NC(=O)c2cc3c(s2)CCCC3)C(C)C)cc1. The van der Waals surface area contributed by atoms with Gasteiger partial charge in [-0.3, -0.25) is 4.79 Å². The van der Waals surface area contributed by atoms with E-state index < -0.39 is 0 Å². The van der Waals surface area contributed by atoms with Crippen molar-refractivity contribution >= 4 is 17.2 Å². The predicted octanol–water partition coefficient (Wildman–Crippen LogP) is 5.32. The van der Waals surface area contributed by atoms with Crippen molar-refractivity contribution in [2.24, 2.45) is 5.92 Å². The zero-order valence-electron chi connectivity index (χ0n) is 14.9. The molecule has 0 spiro atoms. The number of nitrogens with one attached hydrogen (secondary N) is 1. The minimum Gasteiger partial charge on any atom is -0.344 e. The van der Waals surface area contributed by atoms with Crippen LogP contribution in [0.4, 0.5) is 0 Å². The van der Waals surface area contributed by atoms with Crippen molar-refractivity contribution in [1.82, 2.24) is 5.32 Å². The van der Waals surface area contributed by atoms with Gasteiger partial charge in [-0.25, -0.2) is 0 Å². The topological polar surface area (TPSA) is 29.1 Å². The molecule has 0 bridgehead atoms. The molecule has 0 unspecified atom stereocenters. The monoisotopic (exact) mass is 341 g/mol. The summed E-state index contributed by atoms with van der Waals surface area (Å²) in [5.41, 5.74) is 3.92. The molecule has 1 aromatic heterocycles. The molecule has 1 amide bonds. The van der Waals surface area contributed by atoms with E-state index in [1.165, 1.54) is 34.4 Å². The van der Waals surface area contributed by atoms with Gasteiger partial charge >= 0.3 is 0 Å². The Balaban J connectivity index is 1.77. The second-order valence-electron chi connectivity index (χ2n) is 7.06. The average molecular weight is 342 g/mol. The van der Waals surface area contributed by atoms with Gasteiger partial charge in [0.25, 0.3) is 5.91 Å². The molecule has 1 aliphatic rings. The number of hydrogen-bond acceptors (Lipinski definition) is 2. The Kier molecular flexibility index (Phi) is 5.40. The van der Waals surface area contributed by atoms with Crippen LogP contribution in [0.25, 0.3) is 0 Å². The second kappa shape index (κ2) is 7.52. The third-order valence-electron chi connectivity index (χ3n) is 4.92. The van der Waals surface area contributed by atoms with Gasteiger partial charge in [0, 0.05) is 4.88 Å². The van der Waals surface area contributed by atoms with Crippen LogP contribution >= 0.6 is 11.3 Å². The summed E-state index contributed by atoms with van der Waals surface area (Å²) in [7, 11) is 0. The molecular weight excluding hydrogens is 314 g/mol. The van der Waals surface area contributed by atoms with E-state index in [0.29, 0.717) is 5.92 Å². The molecule has 1 atom stereocenters. The Morgan fingerprint density at radius 2 is 1.88 bits per heavy atom. The van der Waals surface area contributed by atoms with Crippen LogP contribution in [0.3, 0.4) is 0 Å². The van der Waals surface area contributed by atoms with E-state index in [9.17, 15) is 4.79 Å².